The number of aryl methyl sites for hydroxylation is 1. The number of nitrogens with one attached hydrogen (secondary N) is 2. The Morgan fingerprint density at radius 2 is 1.88 bits per heavy atom. The van der Waals surface area contributed by atoms with Crippen LogP contribution in [0, 0.1) is 19.8 Å². The number of H-pyrrole nitrogens is 1. The fourth-order valence-electron chi connectivity index (χ4n) is 5.85. The Labute approximate surface area is 233 Å². The van der Waals surface area contributed by atoms with Crippen LogP contribution < -0.4 is 10.9 Å². The third-order valence-electron chi connectivity index (χ3n) is 7.77. The molecule has 3 aromatic rings. The third-order valence-corrected chi connectivity index (χ3v) is 8.57. The van der Waals surface area contributed by atoms with Crippen molar-refractivity contribution in [2.24, 2.45) is 5.92 Å². The number of carbonyl (C=O) groups is 1. The van der Waals surface area contributed by atoms with E-state index in [1.165, 1.54) is 28.8 Å². The zero-order valence-corrected chi connectivity index (χ0v) is 23.6. The van der Waals surface area contributed by atoms with Crippen molar-refractivity contribution in [1.82, 2.24) is 19.8 Å². The summed E-state index contributed by atoms with van der Waals surface area (Å²) in [6.45, 7) is 4.91. The molecule has 1 amide bonds. The van der Waals surface area contributed by atoms with Gasteiger partial charge in [-0.05, 0) is 71.0 Å². The molecule has 1 atom stereocenters. The number of rotatable bonds is 8. The fourth-order valence-corrected chi connectivity index (χ4v) is 6.55. The van der Waals surface area contributed by atoms with E-state index in [1.54, 1.807) is 26.0 Å². The number of halogens is 5. The first-order valence-corrected chi connectivity index (χ1v) is 14.3. The molecule has 1 aliphatic heterocycles. The summed E-state index contributed by atoms with van der Waals surface area (Å²) in [7, 11) is 0. The fraction of sp³-hybridized carbons (Fsp3) is 0.500. The molecule has 0 radical (unpaired) electrons. The van der Waals surface area contributed by atoms with Gasteiger partial charge in [0.25, 0.3) is 17.9 Å². The molecule has 6 nitrogen and oxygen atoms in total. The topological polar surface area (TPSA) is 70.1 Å². The second kappa shape index (κ2) is 11.9. The van der Waals surface area contributed by atoms with Crippen LogP contribution in [0.2, 0.25) is 0 Å². The number of fused-ring (bicyclic) bond motifs is 1. The van der Waals surface area contributed by atoms with Crippen LogP contribution in [0.3, 0.4) is 0 Å². The molecular formula is C28H33F5N4O2S. The molecule has 0 spiro atoms. The van der Waals surface area contributed by atoms with Crippen LogP contribution in [-0.2, 0) is 6.54 Å². The van der Waals surface area contributed by atoms with Crippen LogP contribution in [-0.4, -0.2) is 52.4 Å². The molecule has 40 heavy (non-hydrogen) atoms. The summed E-state index contributed by atoms with van der Waals surface area (Å²) < 4.78 is 68.8. The molecule has 1 fully saturated rings. The summed E-state index contributed by atoms with van der Waals surface area (Å²) in [5, 5.41) is 2.91. The normalized spacial score (nSPS) is 16.1. The van der Waals surface area contributed by atoms with Crippen molar-refractivity contribution < 1.29 is 26.7 Å². The zero-order valence-electron chi connectivity index (χ0n) is 22.8. The van der Waals surface area contributed by atoms with Crippen molar-refractivity contribution in [2.75, 3.05) is 25.9 Å². The number of pyridine rings is 1. The van der Waals surface area contributed by atoms with Gasteiger partial charge >= 0.3 is 6.18 Å². The summed E-state index contributed by atoms with van der Waals surface area (Å²) in [5.41, 5.74) is 1.54. The van der Waals surface area contributed by atoms with Crippen molar-refractivity contribution in [3.05, 3.63) is 62.7 Å². The molecule has 12 heteroatoms. The maximum Gasteiger partial charge on any atom is 0.401 e. The number of benzene rings is 1. The maximum absolute atomic E-state index is 14.2. The molecule has 1 aromatic carbocycles. The van der Waals surface area contributed by atoms with E-state index in [4.69, 9.17) is 0 Å². The smallest absolute Gasteiger partial charge is 0.348 e. The van der Waals surface area contributed by atoms with E-state index >= 15 is 0 Å². The van der Waals surface area contributed by atoms with Gasteiger partial charge in [0.2, 0.25) is 0 Å². The van der Waals surface area contributed by atoms with Crippen molar-refractivity contribution in [1.29, 1.82) is 0 Å². The summed E-state index contributed by atoms with van der Waals surface area (Å²) in [5.74, 6) is -0.575. The van der Waals surface area contributed by atoms with Crippen LogP contribution in [0.15, 0.2) is 34.0 Å². The Morgan fingerprint density at radius 1 is 1.20 bits per heavy atom. The largest absolute Gasteiger partial charge is 0.401 e. The van der Waals surface area contributed by atoms with Gasteiger partial charge < -0.3 is 14.9 Å². The molecule has 1 aliphatic rings. The third kappa shape index (κ3) is 6.22. The number of hydrogen-bond donors (Lipinski definition) is 2. The molecular weight excluding hydrogens is 551 g/mol. The van der Waals surface area contributed by atoms with E-state index in [0.29, 0.717) is 40.2 Å². The van der Waals surface area contributed by atoms with E-state index in [9.17, 15) is 31.5 Å². The van der Waals surface area contributed by atoms with E-state index in [0.717, 1.165) is 0 Å². The molecule has 1 saturated heterocycles. The lowest BCUT2D eigenvalue weighted by Gasteiger charge is -2.36. The molecule has 0 bridgehead atoms. The van der Waals surface area contributed by atoms with E-state index < -0.39 is 25.1 Å². The Kier molecular flexibility index (Phi) is 8.99. The van der Waals surface area contributed by atoms with Gasteiger partial charge in [0.1, 0.15) is 0 Å². The van der Waals surface area contributed by atoms with E-state index in [1.807, 2.05) is 17.7 Å². The van der Waals surface area contributed by atoms with Crippen LogP contribution in [0.1, 0.15) is 65.1 Å². The molecule has 0 saturated carbocycles. The van der Waals surface area contributed by atoms with Gasteiger partial charge in [-0.1, -0.05) is 12.1 Å². The van der Waals surface area contributed by atoms with Gasteiger partial charge in [0, 0.05) is 50.9 Å². The van der Waals surface area contributed by atoms with Crippen molar-refractivity contribution in [3.63, 3.8) is 0 Å². The second-order valence-corrected chi connectivity index (χ2v) is 11.2. The van der Waals surface area contributed by atoms with Crippen molar-refractivity contribution in [3.8, 4) is 0 Å². The average Bonchev–Trinajstić information content (AvgIpc) is 3.18. The standard InChI is InChI=1S/C28H33F5N4O2S/c1-15-12-22(40-4)20(26(38)35-15)13-34-27(39)23-17(3)37(21-7-5-6-19(24(21)23)25(29)30)16(2)18-8-10-36(11-9-18)14-28(31,32)33/h5-7,12,16,18,25H,8-11,13-14H2,1-4H3,(H,34,39)(H,35,38)/t16-/m1/s1. The van der Waals surface area contributed by atoms with Gasteiger partial charge in [0.15, 0.2) is 0 Å². The molecule has 0 unspecified atom stereocenters. The maximum atomic E-state index is 14.2. The Balaban J connectivity index is 1.68. The molecule has 2 N–H and O–H groups in total. The first kappa shape index (κ1) is 30.1. The van der Waals surface area contributed by atoms with Gasteiger partial charge in [-0.2, -0.15) is 13.2 Å². The highest BCUT2D eigenvalue weighted by Crippen LogP contribution is 2.39. The molecule has 3 heterocycles. The number of alkyl halides is 5. The highest BCUT2D eigenvalue weighted by atomic mass is 32.2. The number of hydrogen-bond acceptors (Lipinski definition) is 4. The van der Waals surface area contributed by atoms with Crippen LogP contribution in [0.25, 0.3) is 10.9 Å². The van der Waals surface area contributed by atoms with Crippen molar-refractivity contribution >= 4 is 28.6 Å². The highest BCUT2D eigenvalue weighted by molar-refractivity contribution is 7.98. The Hall–Kier alpha value is -2.86. The number of thioether (sulfide) groups is 1. The quantitative estimate of drug-likeness (QED) is 0.239. The number of nitrogens with zero attached hydrogens (tertiary/aromatic N) is 2. The number of piperidine rings is 1. The number of aromatic amines is 1. The Morgan fingerprint density at radius 3 is 2.48 bits per heavy atom. The lowest BCUT2D eigenvalue weighted by Crippen LogP contribution is -2.41. The average molecular weight is 585 g/mol. The molecule has 2 aromatic heterocycles. The minimum absolute atomic E-state index is 0.000144. The predicted octanol–water partition coefficient (Wildman–Crippen LogP) is 6.37. The number of aromatic nitrogens is 2. The molecule has 4 rings (SSSR count). The van der Waals surface area contributed by atoms with E-state index in [-0.39, 0.29) is 53.7 Å². The predicted molar refractivity (Wildman–Crippen MR) is 146 cm³/mol. The van der Waals surface area contributed by atoms with E-state index in [2.05, 4.69) is 10.3 Å². The summed E-state index contributed by atoms with van der Waals surface area (Å²) in [6, 6.07) is 6.08. The van der Waals surface area contributed by atoms with Crippen LogP contribution >= 0.6 is 11.8 Å². The number of amides is 1. The summed E-state index contributed by atoms with van der Waals surface area (Å²) >= 11 is 1.37. The number of carbonyl (C=O) groups excluding carboxylic acids is 1. The monoisotopic (exact) mass is 584 g/mol. The minimum atomic E-state index is -4.26. The summed E-state index contributed by atoms with van der Waals surface area (Å²) in [4.78, 5) is 31.0. The minimum Gasteiger partial charge on any atom is -0.348 e. The summed E-state index contributed by atoms with van der Waals surface area (Å²) in [6.07, 6.45) is -4.24. The SMILES string of the molecule is CSc1cc(C)[nH]c(=O)c1CNC(=O)c1c(C)n([C@H](C)C2CCN(CC(F)(F)F)CC2)c2cccc(C(F)F)c12. The van der Waals surface area contributed by atoms with Gasteiger partial charge in [0.05, 0.1) is 12.1 Å². The molecule has 0 aliphatic carbocycles. The zero-order chi connectivity index (χ0) is 29.4. The highest BCUT2D eigenvalue weighted by Gasteiger charge is 2.35. The molecule has 218 valence electrons. The lowest BCUT2D eigenvalue weighted by molar-refractivity contribution is -0.149. The van der Waals surface area contributed by atoms with Gasteiger partial charge in [-0.25, -0.2) is 8.78 Å². The van der Waals surface area contributed by atoms with Crippen LogP contribution in [0.4, 0.5) is 22.0 Å². The Bertz CT molecular complexity index is 1440. The first-order valence-electron chi connectivity index (χ1n) is 13.1. The second-order valence-electron chi connectivity index (χ2n) is 10.4. The van der Waals surface area contributed by atoms with Gasteiger partial charge in [-0.15, -0.1) is 11.8 Å². The lowest BCUT2D eigenvalue weighted by atomic mass is 9.90. The first-order chi connectivity index (χ1) is 18.8. The number of likely N-dealkylation sites (tertiary alicyclic amines) is 1. The van der Waals surface area contributed by atoms with Crippen LogP contribution in [0.5, 0.6) is 0 Å². The van der Waals surface area contributed by atoms with Crippen molar-refractivity contribution in [2.45, 2.75) is 63.7 Å². The van der Waals surface area contributed by atoms with Gasteiger partial charge in [-0.3, -0.25) is 14.5 Å².